The molecule has 1 aliphatic rings. The van der Waals surface area contributed by atoms with Gasteiger partial charge in [0.15, 0.2) is 5.82 Å². The minimum Gasteiger partial charge on any atom is -0.356 e. The number of carbonyl (C=O) groups excluding carboxylic acids is 1. The SMILES string of the molecule is CCC(C)NC(=O)c1cnc(-c2cccc(C)c2)nc1N(C)C1CCCCC1. The number of hydrogen-bond acceptors (Lipinski definition) is 4. The number of nitrogens with one attached hydrogen (secondary N) is 1. The van der Waals surface area contributed by atoms with Crippen molar-refractivity contribution in [2.45, 2.75) is 71.4 Å². The molecule has 1 N–H and O–H groups in total. The van der Waals surface area contributed by atoms with Crippen LogP contribution in [0.25, 0.3) is 11.4 Å². The van der Waals surface area contributed by atoms with E-state index in [1.54, 1.807) is 6.20 Å². The van der Waals surface area contributed by atoms with Gasteiger partial charge >= 0.3 is 0 Å². The molecule has 28 heavy (non-hydrogen) atoms. The molecule has 1 saturated carbocycles. The van der Waals surface area contributed by atoms with E-state index >= 15 is 0 Å². The molecule has 1 amide bonds. The molecular weight excluding hydrogens is 348 g/mol. The van der Waals surface area contributed by atoms with Crippen LogP contribution in [0.1, 0.15) is 68.3 Å². The van der Waals surface area contributed by atoms with Crippen molar-refractivity contribution in [3.05, 3.63) is 41.6 Å². The molecule has 1 heterocycles. The van der Waals surface area contributed by atoms with Crippen molar-refractivity contribution < 1.29 is 4.79 Å². The minimum absolute atomic E-state index is 0.0946. The lowest BCUT2D eigenvalue weighted by atomic mass is 9.94. The summed E-state index contributed by atoms with van der Waals surface area (Å²) < 4.78 is 0. The van der Waals surface area contributed by atoms with Gasteiger partial charge in [-0.2, -0.15) is 0 Å². The van der Waals surface area contributed by atoms with Gasteiger partial charge in [-0.05, 0) is 39.2 Å². The van der Waals surface area contributed by atoms with E-state index in [4.69, 9.17) is 4.98 Å². The second-order valence-corrected chi connectivity index (χ2v) is 7.99. The molecule has 0 bridgehead atoms. The second-order valence-electron chi connectivity index (χ2n) is 7.99. The van der Waals surface area contributed by atoms with Gasteiger partial charge in [-0.15, -0.1) is 0 Å². The van der Waals surface area contributed by atoms with E-state index in [0.717, 1.165) is 30.6 Å². The third-order valence-electron chi connectivity index (χ3n) is 5.74. The van der Waals surface area contributed by atoms with Crippen LogP contribution in [0.3, 0.4) is 0 Å². The Morgan fingerprint density at radius 2 is 2.04 bits per heavy atom. The largest absolute Gasteiger partial charge is 0.356 e. The summed E-state index contributed by atoms with van der Waals surface area (Å²) in [7, 11) is 2.07. The molecule has 1 atom stereocenters. The molecule has 0 radical (unpaired) electrons. The Bertz CT molecular complexity index is 814. The molecule has 150 valence electrons. The summed E-state index contributed by atoms with van der Waals surface area (Å²) in [6.45, 7) is 6.15. The van der Waals surface area contributed by atoms with E-state index in [2.05, 4.69) is 48.2 Å². The number of benzene rings is 1. The number of nitrogens with zero attached hydrogens (tertiary/aromatic N) is 3. The lowest BCUT2D eigenvalue weighted by Gasteiger charge is -2.33. The smallest absolute Gasteiger partial charge is 0.256 e. The Morgan fingerprint density at radius 1 is 1.29 bits per heavy atom. The molecule has 3 rings (SSSR count). The summed E-state index contributed by atoms with van der Waals surface area (Å²) in [5.41, 5.74) is 2.71. The number of amides is 1. The van der Waals surface area contributed by atoms with Crippen molar-refractivity contribution >= 4 is 11.7 Å². The molecule has 1 unspecified atom stereocenters. The summed E-state index contributed by atoms with van der Waals surface area (Å²) >= 11 is 0. The highest BCUT2D eigenvalue weighted by Gasteiger charge is 2.25. The van der Waals surface area contributed by atoms with Crippen LogP contribution in [0, 0.1) is 6.92 Å². The highest BCUT2D eigenvalue weighted by atomic mass is 16.1. The molecule has 2 aromatic rings. The molecule has 1 aliphatic carbocycles. The zero-order chi connectivity index (χ0) is 20.1. The number of aromatic nitrogens is 2. The fraction of sp³-hybridized carbons (Fsp3) is 0.522. The topological polar surface area (TPSA) is 58.1 Å². The van der Waals surface area contributed by atoms with Crippen molar-refractivity contribution in [2.75, 3.05) is 11.9 Å². The van der Waals surface area contributed by atoms with Gasteiger partial charge in [0, 0.05) is 30.9 Å². The molecule has 1 aromatic carbocycles. The van der Waals surface area contributed by atoms with Crippen molar-refractivity contribution in [3.63, 3.8) is 0 Å². The minimum atomic E-state index is -0.0946. The highest BCUT2D eigenvalue weighted by molar-refractivity contribution is 5.99. The maximum atomic E-state index is 12.9. The Morgan fingerprint density at radius 3 is 2.71 bits per heavy atom. The van der Waals surface area contributed by atoms with Crippen LogP contribution in [0.15, 0.2) is 30.5 Å². The van der Waals surface area contributed by atoms with E-state index in [0.29, 0.717) is 17.4 Å². The summed E-state index contributed by atoms with van der Waals surface area (Å²) in [5, 5.41) is 3.07. The fourth-order valence-electron chi connectivity index (χ4n) is 3.77. The van der Waals surface area contributed by atoms with E-state index in [-0.39, 0.29) is 11.9 Å². The molecule has 1 aromatic heterocycles. The number of carbonyl (C=O) groups is 1. The summed E-state index contributed by atoms with van der Waals surface area (Å²) in [6, 6.07) is 8.72. The zero-order valence-electron chi connectivity index (χ0n) is 17.5. The Kier molecular flexibility index (Phi) is 6.65. The van der Waals surface area contributed by atoms with Crippen molar-refractivity contribution in [1.82, 2.24) is 15.3 Å². The van der Waals surface area contributed by atoms with Crippen molar-refractivity contribution in [3.8, 4) is 11.4 Å². The van der Waals surface area contributed by atoms with Gasteiger partial charge in [-0.1, -0.05) is 49.9 Å². The first-order valence-corrected chi connectivity index (χ1v) is 10.5. The summed E-state index contributed by atoms with van der Waals surface area (Å²) in [5.74, 6) is 1.31. The Labute approximate surface area is 168 Å². The Balaban J connectivity index is 1.99. The molecule has 5 heteroatoms. The van der Waals surface area contributed by atoms with Gasteiger partial charge in [-0.3, -0.25) is 4.79 Å². The molecule has 0 saturated heterocycles. The number of anilines is 1. The van der Waals surface area contributed by atoms with E-state index < -0.39 is 0 Å². The van der Waals surface area contributed by atoms with E-state index in [1.165, 1.54) is 24.8 Å². The van der Waals surface area contributed by atoms with E-state index in [9.17, 15) is 4.79 Å². The quantitative estimate of drug-likeness (QED) is 0.786. The molecule has 0 aliphatic heterocycles. The average molecular weight is 381 g/mol. The maximum Gasteiger partial charge on any atom is 0.256 e. The monoisotopic (exact) mass is 380 g/mol. The number of rotatable bonds is 6. The van der Waals surface area contributed by atoms with Crippen LogP contribution in [-0.4, -0.2) is 35.0 Å². The number of hydrogen-bond donors (Lipinski definition) is 1. The van der Waals surface area contributed by atoms with Gasteiger partial charge in [0.1, 0.15) is 11.4 Å². The third kappa shape index (κ3) is 4.70. The summed E-state index contributed by atoms with van der Waals surface area (Å²) in [6.07, 6.45) is 8.64. The zero-order valence-corrected chi connectivity index (χ0v) is 17.5. The first-order valence-electron chi connectivity index (χ1n) is 10.5. The van der Waals surface area contributed by atoms with Gasteiger partial charge in [0.25, 0.3) is 5.91 Å². The fourth-order valence-corrected chi connectivity index (χ4v) is 3.77. The van der Waals surface area contributed by atoms with Crippen LogP contribution >= 0.6 is 0 Å². The predicted molar refractivity (Wildman–Crippen MR) is 115 cm³/mol. The molecule has 5 nitrogen and oxygen atoms in total. The van der Waals surface area contributed by atoms with Crippen LogP contribution in [0.5, 0.6) is 0 Å². The van der Waals surface area contributed by atoms with Gasteiger partial charge in [0.2, 0.25) is 0 Å². The number of aryl methyl sites for hydroxylation is 1. The van der Waals surface area contributed by atoms with Gasteiger partial charge in [0.05, 0.1) is 0 Å². The first-order chi connectivity index (χ1) is 13.5. The van der Waals surface area contributed by atoms with Crippen LogP contribution in [0.4, 0.5) is 5.82 Å². The predicted octanol–water partition coefficient (Wildman–Crippen LogP) is 4.75. The van der Waals surface area contributed by atoms with Gasteiger partial charge in [-0.25, -0.2) is 9.97 Å². The van der Waals surface area contributed by atoms with Crippen LogP contribution in [-0.2, 0) is 0 Å². The highest BCUT2D eigenvalue weighted by Crippen LogP contribution is 2.29. The third-order valence-corrected chi connectivity index (χ3v) is 5.74. The lowest BCUT2D eigenvalue weighted by molar-refractivity contribution is 0.0939. The second kappa shape index (κ2) is 9.18. The standard InChI is InChI=1S/C23H32N4O/c1-5-17(3)25-23(28)20-15-24-21(18-11-9-10-16(2)14-18)26-22(20)27(4)19-12-7-6-8-13-19/h9-11,14-15,17,19H,5-8,12-13H2,1-4H3,(H,25,28). The molecule has 1 fully saturated rings. The summed E-state index contributed by atoms with van der Waals surface area (Å²) in [4.78, 5) is 24.5. The maximum absolute atomic E-state index is 12.9. The average Bonchev–Trinajstić information content (AvgIpc) is 2.73. The normalized spacial score (nSPS) is 15.9. The van der Waals surface area contributed by atoms with Crippen molar-refractivity contribution in [1.29, 1.82) is 0 Å². The first kappa shape index (κ1) is 20.3. The lowest BCUT2D eigenvalue weighted by Crippen LogP contribution is -2.38. The van der Waals surface area contributed by atoms with E-state index in [1.807, 2.05) is 19.1 Å². The molecular formula is C23H32N4O. The van der Waals surface area contributed by atoms with Crippen LogP contribution in [0.2, 0.25) is 0 Å². The van der Waals surface area contributed by atoms with Crippen molar-refractivity contribution in [2.24, 2.45) is 0 Å². The van der Waals surface area contributed by atoms with Crippen LogP contribution < -0.4 is 10.2 Å². The molecule has 0 spiro atoms. The van der Waals surface area contributed by atoms with Gasteiger partial charge < -0.3 is 10.2 Å². The Hall–Kier alpha value is -2.43.